The molecule has 0 aliphatic carbocycles. The number of rotatable bonds is 6. The largest absolute Gasteiger partial charge is 0.472 e. The Kier molecular flexibility index (Phi) is 5.17. The van der Waals surface area contributed by atoms with Crippen molar-refractivity contribution in [2.45, 2.75) is 45.3 Å². The first-order chi connectivity index (χ1) is 6.92. The molecule has 1 atom stereocenters. The monoisotopic (exact) mass is 253 g/mol. The zero-order chi connectivity index (χ0) is 13.2. The van der Waals surface area contributed by atoms with Crippen LogP contribution in [0.4, 0.5) is 0 Å². The molecular formula is C10H24NO4P. The van der Waals surface area contributed by atoms with Gasteiger partial charge in [-0.25, -0.2) is 4.57 Å². The molecule has 0 rings (SSSR count). The molecule has 0 aromatic heterocycles. The summed E-state index contributed by atoms with van der Waals surface area (Å²) < 4.78 is 20.9. The van der Waals surface area contributed by atoms with E-state index in [1.165, 1.54) is 0 Å². The van der Waals surface area contributed by atoms with Gasteiger partial charge in [0.2, 0.25) is 0 Å². The highest BCUT2D eigenvalue weighted by Crippen LogP contribution is 2.48. The van der Waals surface area contributed by atoms with Gasteiger partial charge in [0.25, 0.3) is 0 Å². The Labute approximate surface area is 98.4 Å². The minimum atomic E-state index is -3.93. The van der Waals surface area contributed by atoms with Gasteiger partial charge in [-0.3, -0.25) is 9.05 Å². The molecule has 0 spiro atoms. The summed E-state index contributed by atoms with van der Waals surface area (Å²) in [6.07, 6.45) is 0.612. The van der Waals surface area contributed by atoms with Crippen molar-refractivity contribution < 1.29 is 18.5 Å². The molecule has 0 bridgehead atoms. The van der Waals surface area contributed by atoms with Crippen LogP contribution in [0.3, 0.4) is 0 Å². The fourth-order valence-electron chi connectivity index (χ4n) is 1.58. The van der Waals surface area contributed by atoms with Crippen molar-refractivity contribution in [3.63, 3.8) is 0 Å². The smallest absolute Gasteiger partial charge is 0.304 e. The van der Waals surface area contributed by atoms with Crippen LogP contribution >= 0.6 is 7.82 Å². The standard InChI is InChI=1S/C10H24NO4P/c1-9(2,11(5)6)8-10(3,4)15-16(12,13)14-7/h8H2,1-7H3,(H,12,13). The average Bonchev–Trinajstić information content (AvgIpc) is 1.99. The number of phosphoric ester groups is 1. The SMILES string of the molecule is COP(=O)(O)OC(C)(C)CC(C)(C)N(C)C. The normalized spacial score (nSPS) is 17.6. The lowest BCUT2D eigenvalue weighted by Crippen LogP contribution is -2.44. The van der Waals surface area contributed by atoms with Crippen molar-refractivity contribution in [3.8, 4) is 0 Å². The first-order valence-corrected chi connectivity index (χ1v) is 6.68. The van der Waals surface area contributed by atoms with E-state index in [9.17, 15) is 9.46 Å². The molecule has 0 aliphatic heterocycles. The van der Waals surface area contributed by atoms with Crippen LogP contribution in [-0.4, -0.2) is 42.1 Å². The lowest BCUT2D eigenvalue weighted by atomic mass is 9.89. The van der Waals surface area contributed by atoms with Gasteiger partial charge in [0.05, 0.1) is 5.60 Å². The summed E-state index contributed by atoms with van der Waals surface area (Å²) in [5, 5.41) is 0. The van der Waals surface area contributed by atoms with Crippen LogP contribution in [0.15, 0.2) is 0 Å². The van der Waals surface area contributed by atoms with Crippen LogP contribution in [-0.2, 0) is 13.6 Å². The molecule has 0 aromatic rings. The lowest BCUT2D eigenvalue weighted by Gasteiger charge is -2.39. The molecule has 98 valence electrons. The molecule has 1 N–H and O–H groups in total. The summed E-state index contributed by atoms with van der Waals surface area (Å²) in [6.45, 7) is 7.65. The molecule has 0 aliphatic rings. The van der Waals surface area contributed by atoms with Gasteiger partial charge < -0.3 is 9.79 Å². The van der Waals surface area contributed by atoms with Gasteiger partial charge in [-0.05, 0) is 48.2 Å². The van der Waals surface area contributed by atoms with E-state index in [1.54, 1.807) is 13.8 Å². The van der Waals surface area contributed by atoms with Gasteiger partial charge in [0, 0.05) is 12.6 Å². The van der Waals surface area contributed by atoms with Gasteiger partial charge >= 0.3 is 7.82 Å². The highest BCUT2D eigenvalue weighted by molar-refractivity contribution is 7.47. The maximum atomic E-state index is 11.4. The van der Waals surface area contributed by atoms with E-state index in [0.717, 1.165) is 7.11 Å². The Bertz CT molecular complexity index is 276. The van der Waals surface area contributed by atoms with E-state index in [4.69, 9.17) is 4.52 Å². The third kappa shape index (κ3) is 5.41. The maximum absolute atomic E-state index is 11.4. The molecule has 0 aromatic carbocycles. The number of phosphoric acid groups is 1. The molecule has 0 saturated carbocycles. The first kappa shape index (κ1) is 16.1. The van der Waals surface area contributed by atoms with Crippen LogP contribution in [0.25, 0.3) is 0 Å². The molecule has 0 radical (unpaired) electrons. The van der Waals surface area contributed by atoms with E-state index in [2.05, 4.69) is 4.52 Å². The van der Waals surface area contributed by atoms with Crippen LogP contribution < -0.4 is 0 Å². The second kappa shape index (κ2) is 5.15. The van der Waals surface area contributed by atoms with E-state index >= 15 is 0 Å². The average molecular weight is 253 g/mol. The highest BCUT2D eigenvalue weighted by atomic mass is 31.2. The Morgan fingerprint density at radius 2 is 1.69 bits per heavy atom. The molecule has 1 unspecified atom stereocenters. The van der Waals surface area contributed by atoms with E-state index in [1.807, 2.05) is 32.8 Å². The van der Waals surface area contributed by atoms with Crippen LogP contribution in [0.2, 0.25) is 0 Å². The first-order valence-electron chi connectivity index (χ1n) is 5.19. The molecule has 0 amide bonds. The molecular weight excluding hydrogens is 229 g/mol. The summed E-state index contributed by atoms with van der Waals surface area (Å²) >= 11 is 0. The zero-order valence-corrected chi connectivity index (χ0v) is 12.2. The fraction of sp³-hybridized carbons (Fsp3) is 1.00. The number of nitrogens with zero attached hydrogens (tertiary/aromatic N) is 1. The van der Waals surface area contributed by atoms with Crippen LogP contribution in [0, 0.1) is 0 Å². The second-order valence-corrected chi connectivity index (χ2v) is 6.87. The number of hydrogen-bond acceptors (Lipinski definition) is 4. The van der Waals surface area contributed by atoms with Gasteiger partial charge in [0.1, 0.15) is 0 Å². The lowest BCUT2D eigenvalue weighted by molar-refractivity contribution is 0.0104. The molecule has 0 fully saturated rings. The molecule has 5 nitrogen and oxygen atoms in total. The second-order valence-electron chi connectivity index (χ2n) is 5.39. The predicted octanol–water partition coefficient (Wildman–Crippen LogP) is 2.26. The maximum Gasteiger partial charge on any atom is 0.472 e. The van der Waals surface area contributed by atoms with Crippen molar-refractivity contribution in [2.24, 2.45) is 0 Å². The van der Waals surface area contributed by atoms with Gasteiger partial charge in [-0.2, -0.15) is 0 Å². The van der Waals surface area contributed by atoms with E-state index in [0.29, 0.717) is 6.42 Å². The number of hydrogen-bond donors (Lipinski definition) is 1. The van der Waals surface area contributed by atoms with Gasteiger partial charge in [-0.1, -0.05) is 0 Å². The van der Waals surface area contributed by atoms with Crippen molar-refractivity contribution in [3.05, 3.63) is 0 Å². The van der Waals surface area contributed by atoms with Crippen LogP contribution in [0.1, 0.15) is 34.1 Å². The Hall–Kier alpha value is 0.0700. The summed E-state index contributed by atoms with van der Waals surface area (Å²) in [4.78, 5) is 11.3. The minimum absolute atomic E-state index is 0.128. The van der Waals surface area contributed by atoms with E-state index in [-0.39, 0.29) is 5.54 Å². The summed E-state index contributed by atoms with van der Waals surface area (Å²) in [6, 6.07) is 0. The molecule has 6 heteroatoms. The third-order valence-corrected chi connectivity index (χ3v) is 3.85. The fourth-order valence-corrected chi connectivity index (χ4v) is 2.35. The minimum Gasteiger partial charge on any atom is -0.304 e. The Balaban J connectivity index is 4.64. The quantitative estimate of drug-likeness (QED) is 0.736. The summed E-state index contributed by atoms with van der Waals surface area (Å²) in [5.74, 6) is 0. The summed E-state index contributed by atoms with van der Waals surface area (Å²) in [7, 11) is 1.16. The van der Waals surface area contributed by atoms with Crippen molar-refractivity contribution >= 4 is 7.82 Å². The molecule has 0 heterocycles. The molecule has 16 heavy (non-hydrogen) atoms. The van der Waals surface area contributed by atoms with Crippen molar-refractivity contribution in [1.29, 1.82) is 0 Å². The van der Waals surface area contributed by atoms with E-state index < -0.39 is 13.4 Å². The van der Waals surface area contributed by atoms with Gasteiger partial charge in [-0.15, -0.1) is 0 Å². The zero-order valence-electron chi connectivity index (χ0n) is 11.3. The van der Waals surface area contributed by atoms with Crippen molar-refractivity contribution in [1.82, 2.24) is 4.90 Å². The Morgan fingerprint density at radius 3 is 2.00 bits per heavy atom. The Morgan fingerprint density at radius 1 is 1.25 bits per heavy atom. The van der Waals surface area contributed by atoms with Gasteiger partial charge in [0.15, 0.2) is 0 Å². The third-order valence-electron chi connectivity index (χ3n) is 2.66. The summed E-state index contributed by atoms with van der Waals surface area (Å²) in [5.41, 5.74) is -0.856. The predicted molar refractivity (Wildman–Crippen MR) is 64.4 cm³/mol. The van der Waals surface area contributed by atoms with Crippen molar-refractivity contribution in [2.75, 3.05) is 21.2 Å². The topological polar surface area (TPSA) is 59.0 Å². The molecule has 0 saturated heterocycles. The highest BCUT2D eigenvalue weighted by Gasteiger charge is 2.36. The van der Waals surface area contributed by atoms with Crippen LogP contribution in [0.5, 0.6) is 0 Å².